The van der Waals surface area contributed by atoms with Gasteiger partial charge in [-0.05, 0) is 108 Å². The molecule has 2 aromatic carbocycles. The van der Waals surface area contributed by atoms with E-state index in [1.807, 2.05) is 42.5 Å². The van der Waals surface area contributed by atoms with E-state index in [1.54, 1.807) is 24.5 Å². The molecule has 1 aliphatic rings. The summed E-state index contributed by atoms with van der Waals surface area (Å²) in [5, 5.41) is 3.71. The molecule has 0 saturated carbocycles. The lowest BCUT2D eigenvalue weighted by Gasteiger charge is -2.13. The van der Waals surface area contributed by atoms with Crippen LogP contribution in [0.1, 0.15) is 46.1 Å². The first-order valence-corrected chi connectivity index (χ1v) is 14.3. The van der Waals surface area contributed by atoms with Crippen molar-refractivity contribution in [2.45, 2.75) is 32.6 Å². The Hall–Kier alpha value is -1.99. The molecule has 4 rings (SSSR count). The number of nitrogens with zero attached hydrogens (tertiary/aromatic N) is 1. The number of ether oxygens (including phenoxy) is 2. The third-order valence-electron chi connectivity index (χ3n) is 5.41. The van der Waals surface area contributed by atoms with Crippen molar-refractivity contribution in [3.8, 4) is 5.75 Å². The van der Waals surface area contributed by atoms with Gasteiger partial charge in [0.2, 0.25) is 0 Å². The zero-order chi connectivity index (χ0) is 24.8. The Morgan fingerprint density at radius 2 is 1.91 bits per heavy atom. The third kappa shape index (κ3) is 6.62. The quantitative estimate of drug-likeness (QED) is 0.159. The average molecular weight is 714 g/mol. The molecule has 0 unspecified atom stereocenters. The highest BCUT2D eigenvalue weighted by atomic mass is 127. The van der Waals surface area contributed by atoms with Crippen molar-refractivity contribution < 1.29 is 19.1 Å². The molecule has 0 atom stereocenters. The summed E-state index contributed by atoms with van der Waals surface area (Å²) in [5.74, 6) is 0.00808. The fraction of sp³-hybridized carbons (Fsp3) is 0.269. The first-order valence-electron chi connectivity index (χ1n) is 11.3. The second kappa shape index (κ2) is 12.3. The number of benzene rings is 2. The first-order chi connectivity index (χ1) is 17.0. The Morgan fingerprint density at radius 3 is 2.69 bits per heavy atom. The number of para-hydroxylation sites is 1. The van der Waals surface area contributed by atoms with Crippen molar-refractivity contribution in [1.29, 1.82) is 0 Å². The molecule has 0 radical (unpaired) electrons. The van der Waals surface area contributed by atoms with Gasteiger partial charge in [0.05, 0.1) is 15.7 Å². The van der Waals surface area contributed by atoms with E-state index >= 15 is 0 Å². The smallest absolute Gasteiger partial charge is 0.344 e. The van der Waals surface area contributed by atoms with Gasteiger partial charge in [-0.1, -0.05) is 18.2 Å². The van der Waals surface area contributed by atoms with E-state index in [9.17, 15) is 9.59 Å². The molecule has 6 nitrogen and oxygen atoms in total. The second-order valence-electron chi connectivity index (χ2n) is 7.87. The van der Waals surface area contributed by atoms with Crippen LogP contribution in [0, 0.1) is 7.14 Å². The number of nitrogens with one attached hydrogen (secondary N) is 1. The van der Waals surface area contributed by atoms with Crippen LogP contribution in [0.5, 0.6) is 5.75 Å². The van der Waals surface area contributed by atoms with E-state index in [2.05, 4.69) is 50.5 Å². The summed E-state index contributed by atoms with van der Waals surface area (Å²) >= 11 is 6.01. The number of amides is 1. The Balaban J connectivity index is 1.67. The maximum atomic E-state index is 13.3. The normalized spacial score (nSPS) is 12.9. The highest BCUT2D eigenvalue weighted by Gasteiger charge is 2.25. The van der Waals surface area contributed by atoms with E-state index < -0.39 is 5.97 Å². The third-order valence-corrected chi connectivity index (χ3v) is 8.03. The summed E-state index contributed by atoms with van der Waals surface area (Å²) in [6.07, 6.45) is 5.77. The van der Waals surface area contributed by atoms with Gasteiger partial charge in [-0.25, -0.2) is 9.79 Å². The molecule has 1 amide bonds. The lowest BCUT2D eigenvalue weighted by molar-refractivity contribution is -0.145. The van der Waals surface area contributed by atoms with Crippen molar-refractivity contribution in [3.05, 3.63) is 71.2 Å². The molecule has 9 heteroatoms. The number of esters is 1. The van der Waals surface area contributed by atoms with Crippen molar-refractivity contribution >= 4 is 85.3 Å². The Bertz CT molecular complexity index is 1260. The van der Waals surface area contributed by atoms with Crippen LogP contribution in [0.3, 0.4) is 0 Å². The molecule has 0 spiro atoms. The topological polar surface area (TPSA) is 77.0 Å². The highest BCUT2D eigenvalue weighted by molar-refractivity contribution is 14.1. The number of hydrogen-bond donors (Lipinski definition) is 1. The standard InChI is InChI=1S/C26H24I2N2O4S/c1-2-33-22(31)15-34-24-16(12-17(27)13-20(24)28)14-29-26-23(19-10-6-7-11-21(19)35-26)25(32)30-18-8-4-3-5-9-18/h3-5,8-9,12-14H,2,6-7,10-11,15H2,1H3,(H,30,32). The number of carbonyl (C=O) groups excluding carboxylic acids is 2. The second-order valence-corrected chi connectivity index (χ2v) is 11.4. The minimum Gasteiger partial charge on any atom is -0.480 e. The molecule has 0 bridgehead atoms. The molecule has 1 N–H and O–H groups in total. The summed E-state index contributed by atoms with van der Waals surface area (Å²) in [4.78, 5) is 31.2. The maximum Gasteiger partial charge on any atom is 0.344 e. The Kier molecular flexibility index (Phi) is 9.17. The van der Waals surface area contributed by atoms with Gasteiger partial charge < -0.3 is 14.8 Å². The Morgan fingerprint density at radius 1 is 1.14 bits per heavy atom. The SMILES string of the molecule is CCOC(=O)COc1c(I)cc(I)cc1C=Nc1sc2c(c1C(=O)Nc1ccccc1)CCCC2. The fourth-order valence-corrected chi connectivity index (χ4v) is 7.16. The lowest BCUT2D eigenvalue weighted by atomic mass is 9.95. The van der Waals surface area contributed by atoms with Crippen molar-refractivity contribution in [1.82, 2.24) is 0 Å². The lowest BCUT2D eigenvalue weighted by Crippen LogP contribution is -2.16. The maximum absolute atomic E-state index is 13.3. The predicted octanol–water partition coefficient (Wildman–Crippen LogP) is 6.78. The van der Waals surface area contributed by atoms with Crippen LogP contribution in [-0.2, 0) is 22.4 Å². The van der Waals surface area contributed by atoms with Crippen LogP contribution < -0.4 is 10.1 Å². The first kappa shape index (κ1) is 26.1. The number of thiophene rings is 1. The summed E-state index contributed by atoms with van der Waals surface area (Å²) in [5.41, 5.74) is 3.26. The summed E-state index contributed by atoms with van der Waals surface area (Å²) in [7, 11) is 0. The van der Waals surface area contributed by atoms with E-state index in [0.717, 1.165) is 49.6 Å². The van der Waals surface area contributed by atoms with E-state index in [0.29, 0.717) is 22.9 Å². The number of carbonyl (C=O) groups is 2. The van der Waals surface area contributed by atoms with Crippen molar-refractivity contribution in [3.63, 3.8) is 0 Å². The van der Waals surface area contributed by atoms with E-state index in [1.165, 1.54) is 4.88 Å². The van der Waals surface area contributed by atoms with E-state index in [-0.39, 0.29) is 12.5 Å². The van der Waals surface area contributed by atoms with Crippen LogP contribution in [0.25, 0.3) is 0 Å². The number of fused-ring (bicyclic) bond motifs is 1. The van der Waals surface area contributed by atoms with E-state index in [4.69, 9.17) is 14.5 Å². The molecular formula is C26H24I2N2O4S. The summed E-state index contributed by atoms with van der Waals surface area (Å²) < 4.78 is 12.7. The van der Waals surface area contributed by atoms with Gasteiger partial charge in [-0.2, -0.15) is 0 Å². The monoisotopic (exact) mass is 714 g/mol. The number of aryl methyl sites for hydroxylation is 1. The fourth-order valence-electron chi connectivity index (χ4n) is 3.88. The molecule has 1 heterocycles. The van der Waals surface area contributed by atoms with Crippen molar-refractivity contribution in [2.24, 2.45) is 4.99 Å². The molecule has 1 aromatic heterocycles. The predicted molar refractivity (Wildman–Crippen MR) is 157 cm³/mol. The molecular weight excluding hydrogens is 690 g/mol. The number of hydrogen-bond acceptors (Lipinski definition) is 6. The van der Waals surface area contributed by atoms with Crippen LogP contribution in [0.2, 0.25) is 0 Å². The number of rotatable bonds is 8. The van der Waals surface area contributed by atoms with Crippen LogP contribution in [-0.4, -0.2) is 31.3 Å². The van der Waals surface area contributed by atoms with Gasteiger partial charge >= 0.3 is 5.97 Å². The van der Waals surface area contributed by atoms with Crippen molar-refractivity contribution in [2.75, 3.05) is 18.5 Å². The minimum absolute atomic E-state index is 0.140. The van der Waals surface area contributed by atoms with Crippen LogP contribution in [0.15, 0.2) is 47.5 Å². The molecule has 182 valence electrons. The van der Waals surface area contributed by atoms with Crippen LogP contribution in [0.4, 0.5) is 10.7 Å². The van der Waals surface area contributed by atoms with Gasteiger partial charge in [-0.3, -0.25) is 4.79 Å². The van der Waals surface area contributed by atoms with Crippen LogP contribution >= 0.6 is 56.5 Å². The Labute approximate surface area is 235 Å². The minimum atomic E-state index is -0.421. The highest BCUT2D eigenvalue weighted by Crippen LogP contribution is 2.40. The summed E-state index contributed by atoms with van der Waals surface area (Å²) in [6.45, 7) is 1.89. The van der Waals surface area contributed by atoms with Gasteiger partial charge in [0.1, 0.15) is 10.8 Å². The van der Waals surface area contributed by atoms with Gasteiger partial charge in [0, 0.05) is 25.9 Å². The number of anilines is 1. The number of aliphatic imine (C=N–C) groups is 1. The molecule has 1 aliphatic carbocycles. The zero-order valence-electron chi connectivity index (χ0n) is 19.1. The van der Waals surface area contributed by atoms with Gasteiger partial charge in [0.25, 0.3) is 5.91 Å². The zero-order valence-corrected chi connectivity index (χ0v) is 24.2. The largest absolute Gasteiger partial charge is 0.480 e. The molecule has 0 saturated heterocycles. The molecule has 3 aromatic rings. The van der Waals surface area contributed by atoms with Gasteiger partial charge in [-0.15, -0.1) is 11.3 Å². The van der Waals surface area contributed by atoms with Gasteiger partial charge in [0.15, 0.2) is 6.61 Å². The number of halogens is 2. The molecule has 0 aliphatic heterocycles. The molecule has 0 fully saturated rings. The molecule has 35 heavy (non-hydrogen) atoms. The summed E-state index contributed by atoms with van der Waals surface area (Å²) in [6, 6.07) is 13.4. The average Bonchev–Trinajstić information content (AvgIpc) is 3.21.